The monoisotopic (exact) mass is 408 g/mol. The van der Waals surface area contributed by atoms with Crippen LogP contribution in [0.3, 0.4) is 0 Å². The molecule has 2 aliphatic rings. The van der Waals surface area contributed by atoms with E-state index >= 15 is 0 Å². The summed E-state index contributed by atoms with van der Waals surface area (Å²) in [6, 6.07) is 11.1. The quantitative estimate of drug-likeness (QED) is 0.543. The van der Waals surface area contributed by atoms with Crippen molar-refractivity contribution < 1.29 is 23.9 Å². The summed E-state index contributed by atoms with van der Waals surface area (Å²) in [5.74, 6) is 0.300. The van der Waals surface area contributed by atoms with Crippen molar-refractivity contribution in [1.29, 1.82) is 0 Å². The summed E-state index contributed by atoms with van der Waals surface area (Å²) >= 11 is 0. The van der Waals surface area contributed by atoms with Crippen LogP contribution in [0, 0.1) is 5.92 Å². The van der Waals surface area contributed by atoms with Crippen molar-refractivity contribution in [1.82, 2.24) is 9.80 Å². The number of carbonyl (C=O) groups excluding carboxylic acids is 3. The fourth-order valence-corrected chi connectivity index (χ4v) is 4.35. The molecule has 2 heterocycles. The van der Waals surface area contributed by atoms with Gasteiger partial charge in [-0.1, -0.05) is 26.0 Å². The van der Waals surface area contributed by atoms with Crippen LogP contribution in [0.4, 0.5) is 0 Å². The highest BCUT2D eigenvalue weighted by atomic mass is 16.5. The summed E-state index contributed by atoms with van der Waals surface area (Å²) in [7, 11) is 3.15. The highest BCUT2D eigenvalue weighted by molar-refractivity contribution is 6.23. The van der Waals surface area contributed by atoms with Gasteiger partial charge in [-0.3, -0.25) is 19.3 Å². The third-order valence-corrected chi connectivity index (χ3v) is 5.84. The first-order chi connectivity index (χ1) is 14.4. The maximum Gasteiger partial charge on any atom is 0.262 e. The van der Waals surface area contributed by atoms with Crippen LogP contribution in [0.1, 0.15) is 40.1 Å². The maximum atomic E-state index is 13.1. The number of amides is 3. The fraction of sp³-hybridized carbons (Fsp3) is 0.348. The molecular formula is C23H24N2O5. The van der Waals surface area contributed by atoms with Crippen LogP contribution < -0.4 is 9.47 Å². The molecule has 2 aliphatic heterocycles. The first kappa shape index (κ1) is 19.9. The van der Waals surface area contributed by atoms with Crippen molar-refractivity contribution in [2.24, 2.45) is 5.92 Å². The van der Waals surface area contributed by atoms with Gasteiger partial charge >= 0.3 is 0 Å². The van der Waals surface area contributed by atoms with Crippen molar-refractivity contribution >= 4 is 17.7 Å². The minimum atomic E-state index is -0.790. The molecule has 0 bridgehead atoms. The lowest BCUT2D eigenvalue weighted by Gasteiger charge is -2.51. The second kappa shape index (κ2) is 7.48. The summed E-state index contributed by atoms with van der Waals surface area (Å²) in [6.45, 7) is 4.30. The zero-order chi connectivity index (χ0) is 21.6. The third kappa shape index (κ3) is 2.93. The Hall–Kier alpha value is -3.35. The van der Waals surface area contributed by atoms with Crippen molar-refractivity contribution in [3.05, 3.63) is 59.2 Å². The fourth-order valence-electron chi connectivity index (χ4n) is 4.35. The number of rotatable bonds is 6. The predicted octanol–water partition coefficient (Wildman–Crippen LogP) is 2.74. The topological polar surface area (TPSA) is 76.2 Å². The van der Waals surface area contributed by atoms with Crippen LogP contribution in [-0.4, -0.2) is 53.8 Å². The molecule has 0 radical (unpaired) electrons. The molecule has 0 N–H and O–H groups in total. The van der Waals surface area contributed by atoms with Gasteiger partial charge in [0.15, 0.2) is 0 Å². The minimum Gasteiger partial charge on any atom is -0.497 e. The van der Waals surface area contributed by atoms with Gasteiger partial charge < -0.3 is 14.4 Å². The van der Waals surface area contributed by atoms with E-state index in [0.717, 1.165) is 10.5 Å². The molecule has 2 unspecified atom stereocenters. The van der Waals surface area contributed by atoms with Crippen LogP contribution >= 0.6 is 0 Å². The molecule has 1 saturated heterocycles. The van der Waals surface area contributed by atoms with E-state index < -0.39 is 17.9 Å². The number of β-lactam (4-membered cyclic amide) rings is 1. The summed E-state index contributed by atoms with van der Waals surface area (Å²) in [5, 5.41) is 0. The van der Waals surface area contributed by atoms with Crippen LogP contribution in [0.25, 0.3) is 0 Å². The predicted molar refractivity (Wildman–Crippen MR) is 109 cm³/mol. The number of nitrogens with zero attached hydrogens (tertiary/aromatic N) is 2. The molecule has 0 spiro atoms. The molecule has 2 aromatic carbocycles. The molecule has 0 aliphatic carbocycles. The molecule has 2 aromatic rings. The highest BCUT2D eigenvalue weighted by Crippen LogP contribution is 2.38. The molecule has 2 atom stereocenters. The number of methoxy groups -OCH3 is 2. The molecule has 156 valence electrons. The number of ether oxygens (including phenoxy) is 2. The number of likely N-dealkylation sites (tertiary alicyclic amines) is 1. The van der Waals surface area contributed by atoms with Crippen molar-refractivity contribution in [2.45, 2.75) is 32.5 Å². The van der Waals surface area contributed by atoms with Gasteiger partial charge in [-0.05, 0) is 30.2 Å². The highest BCUT2D eigenvalue weighted by Gasteiger charge is 2.56. The summed E-state index contributed by atoms with van der Waals surface area (Å²) in [5.41, 5.74) is 1.54. The molecule has 7 nitrogen and oxygen atoms in total. The number of hydrogen-bond donors (Lipinski definition) is 0. The molecule has 3 amide bonds. The standard InChI is InChI=1S/C23H24N2O5/c1-13(2)19-20(25-21(26)16-7-5-6-8-17(16)22(25)27)23(28)24(19)12-14-9-10-15(29-3)11-18(14)30-4/h5-11,13,19-20H,12H2,1-4H3. The van der Waals surface area contributed by atoms with Crippen LogP contribution in [0.2, 0.25) is 0 Å². The summed E-state index contributed by atoms with van der Waals surface area (Å²) in [6.07, 6.45) is 0. The Morgan fingerprint density at radius 1 is 0.933 bits per heavy atom. The molecule has 4 rings (SSSR count). The largest absolute Gasteiger partial charge is 0.497 e. The van der Waals surface area contributed by atoms with Crippen LogP contribution in [0.5, 0.6) is 11.5 Å². The van der Waals surface area contributed by atoms with E-state index in [4.69, 9.17) is 9.47 Å². The third-order valence-electron chi connectivity index (χ3n) is 5.84. The Labute approximate surface area is 175 Å². The normalized spacial score (nSPS) is 20.5. The van der Waals surface area contributed by atoms with Gasteiger partial charge in [-0.2, -0.15) is 0 Å². The lowest BCUT2D eigenvalue weighted by Crippen LogP contribution is -2.72. The smallest absolute Gasteiger partial charge is 0.262 e. The Kier molecular flexibility index (Phi) is 4.97. The Bertz CT molecular complexity index is 997. The van der Waals surface area contributed by atoms with E-state index in [1.54, 1.807) is 49.5 Å². The van der Waals surface area contributed by atoms with Crippen molar-refractivity contribution in [3.8, 4) is 11.5 Å². The molecule has 30 heavy (non-hydrogen) atoms. The minimum absolute atomic E-state index is 0.0567. The Morgan fingerprint density at radius 2 is 1.57 bits per heavy atom. The number of fused-ring (bicyclic) bond motifs is 1. The molecule has 7 heteroatoms. The van der Waals surface area contributed by atoms with Gasteiger partial charge in [0.2, 0.25) is 5.91 Å². The SMILES string of the molecule is COc1ccc(CN2C(=O)C(N3C(=O)c4ccccc4C3=O)C2C(C)C)c(OC)c1. The first-order valence-corrected chi connectivity index (χ1v) is 9.87. The van der Waals surface area contributed by atoms with Gasteiger partial charge in [0.1, 0.15) is 17.5 Å². The zero-order valence-electron chi connectivity index (χ0n) is 17.4. The van der Waals surface area contributed by atoms with Crippen LogP contribution in [0.15, 0.2) is 42.5 Å². The van der Waals surface area contributed by atoms with E-state index in [9.17, 15) is 14.4 Å². The van der Waals surface area contributed by atoms with Crippen molar-refractivity contribution in [3.63, 3.8) is 0 Å². The Balaban J connectivity index is 1.62. The van der Waals surface area contributed by atoms with E-state index in [1.165, 1.54) is 0 Å². The second-order valence-electron chi connectivity index (χ2n) is 7.85. The maximum absolute atomic E-state index is 13.1. The van der Waals surface area contributed by atoms with Gasteiger partial charge in [0.05, 0.1) is 31.4 Å². The summed E-state index contributed by atoms with van der Waals surface area (Å²) < 4.78 is 10.7. The number of carbonyl (C=O) groups is 3. The average molecular weight is 408 g/mol. The lowest BCUT2D eigenvalue weighted by molar-refractivity contribution is -0.160. The summed E-state index contributed by atoms with van der Waals surface area (Å²) in [4.78, 5) is 41.8. The average Bonchev–Trinajstić information content (AvgIpc) is 3.00. The van der Waals surface area contributed by atoms with Gasteiger partial charge in [0.25, 0.3) is 11.8 Å². The van der Waals surface area contributed by atoms with Gasteiger partial charge in [-0.25, -0.2) is 0 Å². The van der Waals surface area contributed by atoms with E-state index in [0.29, 0.717) is 29.2 Å². The second-order valence-corrected chi connectivity index (χ2v) is 7.85. The number of benzene rings is 2. The molecule has 1 fully saturated rings. The molecule has 0 saturated carbocycles. The van der Waals surface area contributed by atoms with E-state index in [-0.39, 0.29) is 17.9 Å². The molecular weight excluding hydrogens is 384 g/mol. The van der Waals surface area contributed by atoms with Gasteiger partial charge in [-0.15, -0.1) is 0 Å². The number of hydrogen-bond acceptors (Lipinski definition) is 5. The number of imide groups is 1. The van der Waals surface area contributed by atoms with E-state index in [2.05, 4.69) is 0 Å². The Morgan fingerprint density at radius 3 is 2.10 bits per heavy atom. The van der Waals surface area contributed by atoms with Crippen LogP contribution in [-0.2, 0) is 11.3 Å². The van der Waals surface area contributed by atoms with Crippen molar-refractivity contribution in [2.75, 3.05) is 14.2 Å². The van der Waals surface area contributed by atoms with E-state index in [1.807, 2.05) is 26.0 Å². The zero-order valence-corrected chi connectivity index (χ0v) is 17.4. The first-order valence-electron chi connectivity index (χ1n) is 9.87. The molecule has 0 aromatic heterocycles. The van der Waals surface area contributed by atoms with Gasteiger partial charge in [0, 0.05) is 18.2 Å². The lowest BCUT2D eigenvalue weighted by atomic mass is 9.84.